The molecule has 2 saturated heterocycles. The number of benzene rings is 1. The quantitative estimate of drug-likeness (QED) is 0.828. The first-order chi connectivity index (χ1) is 13.3. The van der Waals surface area contributed by atoms with E-state index in [2.05, 4.69) is 26.1 Å². The third kappa shape index (κ3) is 3.76. The van der Waals surface area contributed by atoms with Crippen molar-refractivity contribution in [2.75, 3.05) is 38.2 Å². The van der Waals surface area contributed by atoms with Gasteiger partial charge in [-0.3, -0.25) is 0 Å². The second-order valence-electron chi connectivity index (χ2n) is 7.29. The largest absolute Gasteiger partial charge is 0.497 e. The Bertz CT molecular complexity index is 795. The summed E-state index contributed by atoms with van der Waals surface area (Å²) in [5.41, 5.74) is 1.21. The standard InChI is InChI=1S/C20H26N6O/c1-27-18-7-5-17(6-8-18)26-22-19(15-21)20(23-26)25-13-9-16(10-14-25)24-11-3-2-4-12-24/h5-8,16H,2-4,9-14H2,1H3. The highest BCUT2D eigenvalue weighted by molar-refractivity contribution is 5.51. The molecule has 0 amide bonds. The molecule has 2 aliphatic rings. The second kappa shape index (κ2) is 7.97. The van der Waals surface area contributed by atoms with Crippen LogP contribution in [0.3, 0.4) is 0 Å². The third-order valence-electron chi connectivity index (χ3n) is 5.68. The van der Waals surface area contributed by atoms with Crippen LogP contribution < -0.4 is 9.64 Å². The summed E-state index contributed by atoms with van der Waals surface area (Å²) in [4.78, 5) is 6.41. The van der Waals surface area contributed by atoms with Gasteiger partial charge in [-0.1, -0.05) is 6.42 Å². The lowest BCUT2D eigenvalue weighted by Gasteiger charge is -2.40. The Kier molecular flexibility index (Phi) is 5.26. The second-order valence-corrected chi connectivity index (χ2v) is 7.29. The minimum Gasteiger partial charge on any atom is -0.497 e. The zero-order valence-corrected chi connectivity index (χ0v) is 15.8. The maximum Gasteiger partial charge on any atom is 0.207 e. The van der Waals surface area contributed by atoms with Crippen molar-refractivity contribution >= 4 is 5.82 Å². The van der Waals surface area contributed by atoms with Crippen molar-refractivity contribution < 1.29 is 4.74 Å². The molecule has 7 nitrogen and oxygen atoms in total. The van der Waals surface area contributed by atoms with Crippen molar-refractivity contribution in [3.63, 3.8) is 0 Å². The predicted octanol–water partition coefficient (Wildman–Crippen LogP) is 2.60. The summed E-state index contributed by atoms with van der Waals surface area (Å²) in [6.45, 7) is 4.33. The summed E-state index contributed by atoms with van der Waals surface area (Å²) in [6, 6.07) is 10.4. The van der Waals surface area contributed by atoms with E-state index in [0.717, 1.165) is 37.4 Å². The molecule has 2 aliphatic heterocycles. The van der Waals surface area contributed by atoms with Gasteiger partial charge in [-0.25, -0.2) is 0 Å². The molecule has 1 aromatic heterocycles. The fourth-order valence-corrected chi connectivity index (χ4v) is 4.14. The summed E-state index contributed by atoms with van der Waals surface area (Å²) in [5.74, 6) is 1.48. The van der Waals surface area contributed by atoms with Crippen molar-refractivity contribution in [3.05, 3.63) is 30.0 Å². The predicted molar refractivity (Wildman–Crippen MR) is 103 cm³/mol. The Morgan fingerprint density at radius 3 is 2.33 bits per heavy atom. The first-order valence-electron chi connectivity index (χ1n) is 9.79. The fraction of sp³-hybridized carbons (Fsp3) is 0.550. The molecule has 0 spiro atoms. The van der Waals surface area contributed by atoms with Gasteiger partial charge in [0.15, 0.2) is 5.82 Å². The molecule has 27 heavy (non-hydrogen) atoms. The summed E-state index contributed by atoms with van der Waals surface area (Å²) >= 11 is 0. The number of ether oxygens (including phenoxy) is 1. The van der Waals surface area contributed by atoms with E-state index < -0.39 is 0 Å². The molecule has 2 fully saturated rings. The van der Waals surface area contributed by atoms with Gasteiger partial charge < -0.3 is 14.5 Å². The molecule has 0 unspecified atom stereocenters. The number of piperidine rings is 2. The molecular weight excluding hydrogens is 340 g/mol. The van der Waals surface area contributed by atoms with Crippen molar-refractivity contribution in [1.82, 2.24) is 19.9 Å². The summed E-state index contributed by atoms with van der Waals surface area (Å²) in [7, 11) is 1.64. The van der Waals surface area contributed by atoms with Gasteiger partial charge in [0.1, 0.15) is 11.8 Å². The van der Waals surface area contributed by atoms with Gasteiger partial charge in [0.25, 0.3) is 0 Å². The number of anilines is 1. The molecular formula is C20H26N6O. The minimum atomic E-state index is 0.391. The van der Waals surface area contributed by atoms with Gasteiger partial charge in [0.05, 0.1) is 12.8 Å². The number of nitriles is 1. The molecule has 1 aromatic carbocycles. The monoisotopic (exact) mass is 366 g/mol. The number of rotatable bonds is 4. The molecule has 142 valence electrons. The first kappa shape index (κ1) is 17.8. The van der Waals surface area contributed by atoms with Gasteiger partial charge in [0.2, 0.25) is 5.69 Å². The van der Waals surface area contributed by atoms with Crippen LogP contribution in [0.25, 0.3) is 5.69 Å². The van der Waals surface area contributed by atoms with Gasteiger partial charge >= 0.3 is 0 Å². The highest BCUT2D eigenvalue weighted by atomic mass is 16.5. The highest BCUT2D eigenvalue weighted by Gasteiger charge is 2.28. The number of hydrogen-bond donors (Lipinski definition) is 0. The molecule has 0 saturated carbocycles. The summed E-state index contributed by atoms with van der Waals surface area (Å²) in [6.07, 6.45) is 6.28. The molecule has 0 bridgehead atoms. The molecule has 4 rings (SSSR count). The average Bonchev–Trinajstić information content (AvgIpc) is 3.19. The van der Waals surface area contributed by atoms with E-state index in [9.17, 15) is 5.26 Å². The molecule has 3 heterocycles. The summed E-state index contributed by atoms with van der Waals surface area (Å²) in [5, 5.41) is 18.5. The van der Waals surface area contributed by atoms with Crippen LogP contribution in [0.4, 0.5) is 5.82 Å². The number of aromatic nitrogens is 3. The molecule has 0 radical (unpaired) electrons. The molecule has 0 aliphatic carbocycles. The number of nitrogens with zero attached hydrogens (tertiary/aromatic N) is 6. The van der Waals surface area contributed by atoms with E-state index in [0.29, 0.717) is 17.6 Å². The Hall–Kier alpha value is -2.59. The average molecular weight is 366 g/mol. The first-order valence-corrected chi connectivity index (χ1v) is 9.79. The Morgan fingerprint density at radius 1 is 1.00 bits per heavy atom. The zero-order valence-electron chi connectivity index (χ0n) is 15.8. The Labute approximate surface area is 160 Å². The van der Waals surface area contributed by atoms with E-state index in [1.165, 1.54) is 32.4 Å². The molecule has 0 atom stereocenters. The smallest absolute Gasteiger partial charge is 0.207 e. The normalized spacial score (nSPS) is 19.0. The van der Waals surface area contributed by atoms with E-state index in [1.54, 1.807) is 11.9 Å². The molecule has 2 aromatic rings. The number of likely N-dealkylation sites (tertiary alicyclic amines) is 1. The van der Waals surface area contributed by atoms with Gasteiger partial charge in [0, 0.05) is 19.1 Å². The SMILES string of the molecule is COc1ccc(-n2nc(C#N)c(N3CCC(N4CCCCC4)CC3)n2)cc1. The van der Waals surface area contributed by atoms with Crippen LogP contribution in [0.5, 0.6) is 5.75 Å². The number of hydrogen-bond acceptors (Lipinski definition) is 6. The Balaban J connectivity index is 1.47. The maximum absolute atomic E-state index is 9.53. The molecule has 7 heteroatoms. The van der Waals surface area contributed by atoms with Crippen molar-refractivity contribution in [1.29, 1.82) is 5.26 Å². The van der Waals surface area contributed by atoms with Crippen molar-refractivity contribution in [3.8, 4) is 17.5 Å². The van der Waals surface area contributed by atoms with Crippen LogP contribution in [-0.2, 0) is 0 Å². The van der Waals surface area contributed by atoms with E-state index in [-0.39, 0.29) is 0 Å². The van der Waals surface area contributed by atoms with Crippen LogP contribution >= 0.6 is 0 Å². The van der Waals surface area contributed by atoms with Crippen LogP contribution in [0.15, 0.2) is 24.3 Å². The van der Waals surface area contributed by atoms with E-state index in [4.69, 9.17) is 4.74 Å². The number of methoxy groups -OCH3 is 1. The maximum atomic E-state index is 9.53. The summed E-state index contributed by atoms with van der Waals surface area (Å²) < 4.78 is 5.20. The van der Waals surface area contributed by atoms with Crippen LogP contribution in [0.1, 0.15) is 37.8 Å². The van der Waals surface area contributed by atoms with Gasteiger partial charge in [-0.15, -0.1) is 15.0 Å². The highest BCUT2D eigenvalue weighted by Crippen LogP contribution is 2.26. The topological polar surface area (TPSA) is 70.2 Å². The van der Waals surface area contributed by atoms with Gasteiger partial charge in [-0.2, -0.15) is 5.26 Å². The van der Waals surface area contributed by atoms with Crippen LogP contribution in [0.2, 0.25) is 0 Å². The lowest BCUT2D eigenvalue weighted by atomic mass is 10.00. The minimum absolute atomic E-state index is 0.391. The van der Waals surface area contributed by atoms with Crippen LogP contribution in [-0.4, -0.2) is 59.2 Å². The van der Waals surface area contributed by atoms with E-state index >= 15 is 0 Å². The Morgan fingerprint density at radius 2 is 1.70 bits per heavy atom. The zero-order chi connectivity index (χ0) is 18.6. The van der Waals surface area contributed by atoms with Gasteiger partial charge in [-0.05, 0) is 63.0 Å². The fourth-order valence-electron chi connectivity index (χ4n) is 4.14. The van der Waals surface area contributed by atoms with Crippen LogP contribution in [0, 0.1) is 11.3 Å². The van der Waals surface area contributed by atoms with Crippen molar-refractivity contribution in [2.24, 2.45) is 0 Å². The lowest BCUT2D eigenvalue weighted by Crippen LogP contribution is -2.47. The molecule has 0 N–H and O–H groups in total. The van der Waals surface area contributed by atoms with E-state index in [1.807, 2.05) is 24.3 Å². The third-order valence-corrected chi connectivity index (χ3v) is 5.68. The lowest BCUT2D eigenvalue weighted by molar-refractivity contribution is 0.141. The van der Waals surface area contributed by atoms with Crippen molar-refractivity contribution in [2.45, 2.75) is 38.1 Å².